The van der Waals surface area contributed by atoms with E-state index in [1.807, 2.05) is 0 Å². The molecule has 1 atom stereocenters. The van der Waals surface area contributed by atoms with Crippen LogP contribution in [0.1, 0.15) is 0 Å². The Hall–Kier alpha value is 0.0400. The molecule has 1 nitrogen and oxygen atoms in total. The normalized spacial score (nSPS) is 19.7. The predicted octanol–water partition coefficient (Wildman–Crippen LogP) is 1.54. The minimum atomic E-state index is -4.11. The van der Waals surface area contributed by atoms with E-state index in [0.717, 1.165) is 0 Å². The van der Waals surface area contributed by atoms with Crippen LogP contribution in [-0.2, 0) is 5.11 Å². The molecule has 0 aliphatic rings. The van der Waals surface area contributed by atoms with Gasteiger partial charge in [0.2, 0.25) is 0 Å². The highest BCUT2D eigenvalue weighted by molar-refractivity contribution is 6.21. The van der Waals surface area contributed by atoms with Crippen LogP contribution in [0.4, 0.5) is 13.2 Å². The molecule has 7 heavy (non-hydrogen) atoms. The molecule has 1 unspecified atom stereocenters. The first-order valence-corrected chi connectivity index (χ1v) is 1.69. The predicted molar refractivity (Wildman–Crippen MR) is 16.4 cm³/mol. The molecule has 0 aromatic heterocycles. The van der Waals surface area contributed by atoms with Crippen molar-refractivity contribution in [2.75, 3.05) is 0 Å². The maximum absolute atomic E-state index is 11.0. The van der Waals surface area contributed by atoms with Gasteiger partial charge in [0.05, 0.1) is 0 Å². The van der Waals surface area contributed by atoms with Gasteiger partial charge >= 0.3 is 11.7 Å². The SMILES string of the molecule is [O]C(F)(Cl)C(F)F. The smallest absolute Gasteiger partial charge is 0.202 e. The van der Waals surface area contributed by atoms with Crippen molar-refractivity contribution in [3.63, 3.8) is 0 Å². The summed E-state index contributed by atoms with van der Waals surface area (Å²) in [5.74, 6) is 0. The minimum absolute atomic E-state index is 3.66. The molecule has 0 saturated heterocycles. The topological polar surface area (TPSA) is 19.9 Å². The van der Waals surface area contributed by atoms with E-state index in [1.54, 1.807) is 0 Å². The van der Waals surface area contributed by atoms with E-state index in [2.05, 4.69) is 11.6 Å². The fourth-order valence-electron chi connectivity index (χ4n) is 0. The summed E-state index contributed by atoms with van der Waals surface area (Å²) in [5, 5.41) is 5.04. The molecule has 0 amide bonds. The Morgan fingerprint density at radius 2 is 1.71 bits per heavy atom. The molecule has 0 fully saturated rings. The second kappa shape index (κ2) is 1.88. The van der Waals surface area contributed by atoms with E-state index in [1.165, 1.54) is 0 Å². The van der Waals surface area contributed by atoms with Crippen LogP contribution >= 0.6 is 11.6 Å². The molecule has 5 heteroatoms. The average Bonchev–Trinajstić information content (AvgIpc) is 1.31. The number of hydrogen-bond acceptors (Lipinski definition) is 0. The molecule has 0 aromatic carbocycles. The maximum atomic E-state index is 11.0. The van der Waals surface area contributed by atoms with Crippen molar-refractivity contribution < 1.29 is 18.3 Å². The van der Waals surface area contributed by atoms with Crippen molar-refractivity contribution in [1.29, 1.82) is 0 Å². The van der Waals surface area contributed by atoms with Gasteiger partial charge < -0.3 is 0 Å². The monoisotopic (exact) mass is 133 g/mol. The van der Waals surface area contributed by atoms with Crippen molar-refractivity contribution in [2.45, 2.75) is 11.7 Å². The molecule has 0 N–H and O–H groups in total. The van der Waals surface area contributed by atoms with Crippen molar-refractivity contribution in [3.8, 4) is 0 Å². The quantitative estimate of drug-likeness (QED) is 0.484. The Kier molecular flexibility index (Phi) is 1.89. The third-order valence-electron chi connectivity index (χ3n) is 0.254. The third kappa shape index (κ3) is 2.70. The zero-order valence-electron chi connectivity index (χ0n) is 3.00. The summed E-state index contributed by atoms with van der Waals surface area (Å²) in [5.41, 5.74) is 0. The Morgan fingerprint density at radius 1 is 1.57 bits per heavy atom. The lowest BCUT2D eigenvalue weighted by Crippen LogP contribution is -2.21. The van der Waals surface area contributed by atoms with E-state index in [4.69, 9.17) is 5.11 Å². The van der Waals surface area contributed by atoms with Crippen LogP contribution in [-0.4, -0.2) is 11.7 Å². The van der Waals surface area contributed by atoms with Crippen molar-refractivity contribution in [2.24, 2.45) is 0 Å². The highest BCUT2D eigenvalue weighted by Gasteiger charge is 2.37. The van der Waals surface area contributed by atoms with Gasteiger partial charge in [-0.05, 0) is 11.6 Å². The second-order valence-corrected chi connectivity index (χ2v) is 1.38. The van der Waals surface area contributed by atoms with E-state index < -0.39 is 11.7 Å². The second-order valence-electron chi connectivity index (χ2n) is 0.862. The van der Waals surface area contributed by atoms with Gasteiger partial charge in [-0.25, -0.2) is 8.78 Å². The number of alkyl halides is 4. The number of rotatable bonds is 1. The molecule has 0 heterocycles. The van der Waals surface area contributed by atoms with Crippen LogP contribution in [0.3, 0.4) is 0 Å². The van der Waals surface area contributed by atoms with Crippen LogP contribution < -0.4 is 0 Å². The minimum Gasteiger partial charge on any atom is -0.202 e. The molecule has 43 valence electrons. The van der Waals surface area contributed by atoms with Gasteiger partial charge in [-0.1, -0.05) is 0 Å². The molecule has 1 radical (unpaired) electrons. The first kappa shape index (κ1) is 7.04. The molecule has 0 rings (SSSR count). The van der Waals surface area contributed by atoms with Gasteiger partial charge in [0.15, 0.2) is 0 Å². The van der Waals surface area contributed by atoms with Crippen molar-refractivity contribution in [1.82, 2.24) is 0 Å². The van der Waals surface area contributed by atoms with Crippen LogP contribution in [0.2, 0.25) is 0 Å². The Bertz CT molecular complexity index is 58.4. The lowest BCUT2D eigenvalue weighted by Gasteiger charge is -2.02. The average molecular weight is 133 g/mol. The highest BCUT2D eigenvalue weighted by atomic mass is 35.5. The molecule has 0 aliphatic carbocycles. The highest BCUT2D eigenvalue weighted by Crippen LogP contribution is 2.21. The van der Waals surface area contributed by atoms with Crippen molar-refractivity contribution in [3.05, 3.63) is 0 Å². The fraction of sp³-hybridized carbons (Fsp3) is 1.00. The van der Waals surface area contributed by atoms with Crippen LogP contribution in [0.25, 0.3) is 0 Å². The molecule has 0 aromatic rings. The molecule has 0 saturated carbocycles. The lowest BCUT2D eigenvalue weighted by atomic mass is 10.7. The first-order chi connectivity index (χ1) is 2.94. The fourth-order valence-corrected chi connectivity index (χ4v) is 0. The number of hydrogen-bond donors (Lipinski definition) is 0. The zero-order valence-corrected chi connectivity index (χ0v) is 3.75. The van der Waals surface area contributed by atoms with Gasteiger partial charge in [-0.2, -0.15) is 9.50 Å². The van der Waals surface area contributed by atoms with E-state index in [0.29, 0.717) is 0 Å². The maximum Gasteiger partial charge on any atom is 0.374 e. The summed E-state index contributed by atoms with van der Waals surface area (Å²) in [7, 11) is 0. The summed E-state index contributed by atoms with van der Waals surface area (Å²) in [4.78, 5) is 0. The molecular weight excluding hydrogens is 132 g/mol. The Labute approximate surface area is 42.7 Å². The van der Waals surface area contributed by atoms with E-state index >= 15 is 0 Å². The summed E-state index contributed by atoms with van der Waals surface area (Å²) in [6, 6.07) is 0. The standard InChI is InChI=1S/C2HClF3O/c3-2(6,7)1(4)5/h1H. The molecule has 0 aliphatic heterocycles. The summed E-state index contributed by atoms with van der Waals surface area (Å²) in [6.07, 6.45) is -3.66. The van der Waals surface area contributed by atoms with Gasteiger partial charge in [0.25, 0.3) is 0 Å². The van der Waals surface area contributed by atoms with E-state index in [9.17, 15) is 13.2 Å². The number of halogens is 4. The van der Waals surface area contributed by atoms with Gasteiger partial charge in [0.1, 0.15) is 0 Å². The van der Waals surface area contributed by atoms with Gasteiger partial charge in [-0.15, -0.1) is 0 Å². The largest absolute Gasteiger partial charge is 0.374 e. The molecule has 0 spiro atoms. The summed E-state index contributed by atoms with van der Waals surface area (Å²) in [6.45, 7) is 0. The van der Waals surface area contributed by atoms with Crippen LogP contribution in [0.5, 0.6) is 0 Å². The first-order valence-electron chi connectivity index (χ1n) is 1.31. The van der Waals surface area contributed by atoms with Crippen molar-refractivity contribution >= 4 is 11.6 Å². The zero-order chi connectivity index (χ0) is 6.08. The summed E-state index contributed by atoms with van der Waals surface area (Å²) < 4.78 is 32.4. The van der Waals surface area contributed by atoms with Crippen LogP contribution in [0, 0.1) is 0 Å². The molecule has 0 bridgehead atoms. The van der Waals surface area contributed by atoms with Gasteiger partial charge in [0, 0.05) is 0 Å². The lowest BCUT2D eigenvalue weighted by molar-refractivity contribution is -0.161. The van der Waals surface area contributed by atoms with Gasteiger partial charge in [-0.3, -0.25) is 0 Å². The summed E-state index contributed by atoms with van der Waals surface area (Å²) >= 11 is 3.90. The van der Waals surface area contributed by atoms with Crippen LogP contribution in [0.15, 0.2) is 0 Å². The Balaban J connectivity index is 3.54. The molecular formula is C2HClF3O. The third-order valence-corrected chi connectivity index (χ3v) is 0.419. The Morgan fingerprint density at radius 3 is 1.71 bits per heavy atom. The van der Waals surface area contributed by atoms with E-state index in [-0.39, 0.29) is 0 Å².